The number of aromatic nitrogens is 2. The van der Waals surface area contributed by atoms with Crippen molar-refractivity contribution in [2.45, 2.75) is 10.9 Å². The maximum Gasteiger partial charge on any atom is 0.243 e. The van der Waals surface area contributed by atoms with Crippen LogP contribution in [0.25, 0.3) is 0 Å². The summed E-state index contributed by atoms with van der Waals surface area (Å²) in [6, 6.07) is 6.02. The second-order valence-electron chi connectivity index (χ2n) is 5.19. The average Bonchev–Trinajstić information content (AvgIpc) is 2.93. The minimum atomic E-state index is -3.62. The normalized spacial score (nSPS) is 19.3. The van der Waals surface area contributed by atoms with Gasteiger partial charge in [-0.25, -0.2) is 13.4 Å². The lowest BCUT2D eigenvalue weighted by molar-refractivity contribution is 0.258. The molecule has 9 heteroatoms. The molecule has 1 aliphatic heterocycles. The molecule has 0 saturated carbocycles. The highest BCUT2D eigenvalue weighted by atomic mass is 35.5. The largest absolute Gasteiger partial charge is 0.337 e. The van der Waals surface area contributed by atoms with Crippen LogP contribution in [0.3, 0.4) is 0 Å². The van der Waals surface area contributed by atoms with Gasteiger partial charge in [-0.2, -0.15) is 4.31 Å². The molecule has 1 N–H and O–H groups in total. The van der Waals surface area contributed by atoms with Crippen molar-refractivity contribution in [2.75, 3.05) is 19.6 Å². The summed E-state index contributed by atoms with van der Waals surface area (Å²) in [5, 5.41) is 3.64. The van der Waals surface area contributed by atoms with Gasteiger partial charge >= 0.3 is 0 Å². The molecule has 1 aromatic heterocycles. The smallest absolute Gasteiger partial charge is 0.243 e. The summed E-state index contributed by atoms with van der Waals surface area (Å²) in [5.74, 6) is 0.720. The lowest BCUT2D eigenvalue weighted by Crippen LogP contribution is -2.49. The lowest BCUT2D eigenvalue weighted by atomic mass is 10.2. The highest BCUT2D eigenvalue weighted by Gasteiger charge is 2.36. The molecule has 126 valence electrons. The van der Waals surface area contributed by atoms with Crippen LogP contribution in [0, 0.1) is 0 Å². The Morgan fingerprint density at radius 3 is 2.83 bits per heavy atom. The maximum atomic E-state index is 13.0. The van der Waals surface area contributed by atoms with Crippen LogP contribution >= 0.6 is 24.0 Å². The third-order valence-electron chi connectivity index (χ3n) is 3.75. The quantitative estimate of drug-likeness (QED) is 0.886. The van der Waals surface area contributed by atoms with Crippen molar-refractivity contribution in [3.8, 4) is 0 Å². The van der Waals surface area contributed by atoms with Gasteiger partial charge in [0.15, 0.2) is 0 Å². The molecule has 1 aromatic carbocycles. The summed E-state index contributed by atoms with van der Waals surface area (Å²) in [6.45, 7) is 1.54. The first-order chi connectivity index (χ1) is 10.5. The Bertz CT molecular complexity index is 779. The van der Waals surface area contributed by atoms with Gasteiger partial charge < -0.3 is 9.88 Å². The van der Waals surface area contributed by atoms with Crippen molar-refractivity contribution in [1.29, 1.82) is 0 Å². The van der Waals surface area contributed by atoms with E-state index in [1.54, 1.807) is 24.4 Å². The van der Waals surface area contributed by atoms with E-state index in [1.165, 1.54) is 10.4 Å². The number of aryl methyl sites for hydroxylation is 1. The molecule has 1 aliphatic rings. The Balaban J connectivity index is 0.00000192. The molecule has 0 aliphatic carbocycles. The summed E-state index contributed by atoms with van der Waals surface area (Å²) in [7, 11) is -1.76. The number of benzene rings is 1. The highest BCUT2D eigenvalue weighted by molar-refractivity contribution is 7.89. The molecule has 1 atom stereocenters. The van der Waals surface area contributed by atoms with E-state index in [9.17, 15) is 8.42 Å². The zero-order chi connectivity index (χ0) is 15.7. The molecule has 0 bridgehead atoms. The molecule has 2 heterocycles. The first kappa shape index (κ1) is 18.2. The fourth-order valence-corrected chi connectivity index (χ4v) is 4.54. The Kier molecular flexibility index (Phi) is 5.70. The van der Waals surface area contributed by atoms with Crippen LogP contribution in [0.1, 0.15) is 11.9 Å². The van der Waals surface area contributed by atoms with Crippen molar-refractivity contribution in [1.82, 2.24) is 19.2 Å². The summed E-state index contributed by atoms with van der Waals surface area (Å²) in [5.41, 5.74) is 0. The molecule has 3 rings (SSSR count). The number of imidazole rings is 1. The molecule has 6 nitrogen and oxygen atoms in total. The molecule has 1 saturated heterocycles. The Hall–Kier alpha value is -1.12. The predicted molar refractivity (Wildman–Crippen MR) is 91.4 cm³/mol. The van der Waals surface area contributed by atoms with Crippen molar-refractivity contribution >= 4 is 34.0 Å². The van der Waals surface area contributed by atoms with Gasteiger partial charge in [-0.1, -0.05) is 17.7 Å². The van der Waals surface area contributed by atoms with E-state index in [0.717, 1.165) is 5.82 Å². The number of halogens is 2. The number of nitrogens with one attached hydrogen (secondary N) is 1. The van der Waals surface area contributed by atoms with E-state index in [2.05, 4.69) is 10.3 Å². The third-order valence-corrected chi connectivity index (χ3v) is 5.89. The van der Waals surface area contributed by atoms with Crippen LogP contribution in [0.4, 0.5) is 0 Å². The first-order valence-electron chi connectivity index (χ1n) is 6.95. The van der Waals surface area contributed by atoms with Gasteiger partial charge in [0.2, 0.25) is 10.0 Å². The molecule has 23 heavy (non-hydrogen) atoms. The molecule has 0 spiro atoms. The third kappa shape index (κ3) is 3.54. The highest BCUT2D eigenvalue weighted by Crippen LogP contribution is 2.28. The van der Waals surface area contributed by atoms with E-state index in [1.807, 2.05) is 17.8 Å². The number of nitrogens with zero attached hydrogens (tertiary/aromatic N) is 3. The van der Waals surface area contributed by atoms with E-state index in [0.29, 0.717) is 24.7 Å². The van der Waals surface area contributed by atoms with Crippen molar-refractivity contribution < 1.29 is 8.42 Å². The lowest BCUT2D eigenvalue weighted by Gasteiger charge is -2.34. The molecule has 2 aromatic rings. The first-order valence-corrected chi connectivity index (χ1v) is 8.77. The van der Waals surface area contributed by atoms with Gasteiger partial charge in [0, 0.05) is 44.1 Å². The molecule has 0 radical (unpaired) electrons. The van der Waals surface area contributed by atoms with Crippen LogP contribution in [-0.4, -0.2) is 41.9 Å². The van der Waals surface area contributed by atoms with E-state index in [4.69, 9.17) is 11.6 Å². The number of hydrogen-bond donors (Lipinski definition) is 1. The van der Waals surface area contributed by atoms with E-state index >= 15 is 0 Å². The second-order valence-corrected chi connectivity index (χ2v) is 7.52. The number of hydrogen-bond acceptors (Lipinski definition) is 4. The molecule has 1 fully saturated rings. The number of piperazine rings is 1. The summed E-state index contributed by atoms with van der Waals surface area (Å²) in [4.78, 5) is 4.51. The van der Waals surface area contributed by atoms with Crippen molar-refractivity contribution in [2.24, 2.45) is 7.05 Å². The van der Waals surface area contributed by atoms with Gasteiger partial charge in [-0.05, 0) is 18.2 Å². The average molecular weight is 377 g/mol. The summed E-state index contributed by atoms with van der Waals surface area (Å²) >= 11 is 5.94. The van der Waals surface area contributed by atoms with Crippen LogP contribution in [0.2, 0.25) is 5.02 Å². The Morgan fingerprint density at radius 2 is 2.17 bits per heavy atom. The van der Waals surface area contributed by atoms with Gasteiger partial charge in [0.05, 0.1) is 10.9 Å². The van der Waals surface area contributed by atoms with Crippen LogP contribution in [0.5, 0.6) is 0 Å². The standard InChI is InChI=1S/C14H17ClN4O2S.ClH/c1-18-7-6-17-14(18)13-10-16-5-8-19(13)22(20,21)12-4-2-3-11(15)9-12;/h2-4,6-7,9,13,16H,5,8,10H2,1H3;1H. The van der Waals surface area contributed by atoms with E-state index < -0.39 is 10.0 Å². The monoisotopic (exact) mass is 376 g/mol. The SMILES string of the molecule is Cl.Cn1ccnc1C1CNCCN1S(=O)(=O)c1cccc(Cl)c1. The van der Waals surface area contributed by atoms with Crippen molar-refractivity contribution in [3.05, 3.63) is 47.5 Å². The second kappa shape index (κ2) is 7.19. The topological polar surface area (TPSA) is 67.2 Å². The molecular weight excluding hydrogens is 359 g/mol. The minimum Gasteiger partial charge on any atom is -0.337 e. The fraction of sp³-hybridized carbons (Fsp3) is 0.357. The number of rotatable bonds is 3. The van der Waals surface area contributed by atoms with Crippen molar-refractivity contribution in [3.63, 3.8) is 0 Å². The minimum absolute atomic E-state index is 0. The van der Waals surface area contributed by atoms with Crippen LogP contribution in [-0.2, 0) is 17.1 Å². The molecule has 0 amide bonds. The Labute approximate surface area is 146 Å². The van der Waals surface area contributed by atoms with Crippen LogP contribution < -0.4 is 5.32 Å². The van der Waals surface area contributed by atoms with Gasteiger partial charge in [-0.3, -0.25) is 0 Å². The fourth-order valence-electron chi connectivity index (χ4n) is 2.65. The molecular formula is C14H18Cl2N4O2S. The van der Waals surface area contributed by atoms with Gasteiger partial charge in [0.1, 0.15) is 5.82 Å². The van der Waals surface area contributed by atoms with Gasteiger partial charge in [0.25, 0.3) is 0 Å². The number of sulfonamides is 1. The summed E-state index contributed by atoms with van der Waals surface area (Å²) in [6.07, 6.45) is 3.49. The summed E-state index contributed by atoms with van der Waals surface area (Å²) < 4.78 is 29.3. The Morgan fingerprint density at radius 1 is 1.39 bits per heavy atom. The van der Waals surface area contributed by atoms with Gasteiger partial charge in [-0.15, -0.1) is 12.4 Å². The predicted octanol–water partition coefficient (Wildman–Crippen LogP) is 1.83. The van der Waals surface area contributed by atoms with Crippen LogP contribution in [0.15, 0.2) is 41.6 Å². The maximum absolute atomic E-state index is 13.0. The van der Waals surface area contributed by atoms with E-state index in [-0.39, 0.29) is 23.3 Å². The zero-order valence-electron chi connectivity index (χ0n) is 12.5. The zero-order valence-corrected chi connectivity index (χ0v) is 14.9. The molecule has 1 unspecified atom stereocenters.